The van der Waals surface area contributed by atoms with Gasteiger partial charge in [0.2, 0.25) is 0 Å². The average Bonchev–Trinajstić information content (AvgIpc) is 3.84. The van der Waals surface area contributed by atoms with Crippen LogP contribution in [0.25, 0.3) is 33.7 Å². The Bertz CT molecular complexity index is 1450. The molecule has 2 atom stereocenters. The van der Waals surface area contributed by atoms with Crippen molar-refractivity contribution in [2.75, 3.05) is 0 Å². The second-order valence-corrected chi connectivity index (χ2v) is 13.7. The van der Waals surface area contributed by atoms with E-state index in [1.807, 2.05) is 0 Å². The summed E-state index contributed by atoms with van der Waals surface area (Å²) >= 11 is 0. The Hall–Kier alpha value is -2.02. The van der Waals surface area contributed by atoms with E-state index in [4.69, 9.17) is 0 Å². The first kappa shape index (κ1) is 34.8. The number of allylic oxidation sites excluding steroid dienone is 2. The first-order valence-electron chi connectivity index (χ1n) is 17.0. The molecular weight excluding hydrogens is 624 g/mol. The van der Waals surface area contributed by atoms with E-state index in [0.717, 1.165) is 19.3 Å². The zero-order chi connectivity index (χ0) is 30.2. The summed E-state index contributed by atoms with van der Waals surface area (Å²) in [5, 5.41) is 5.48. The molecule has 44 heavy (non-hydrogen) atoms. The maximum Gasteiger partial charge on any atom is 2.00 e. The zero-order valence-electron chi connectivity index (χ0n) is 27.5. The molecular formula is C42H50SiZr. The number of benzene rings is 4. The molecule has 1 heterocycles. The standard InChI is InChI=1S/C34H33.C4H8Si.C4H9.Zr/c1-4-11-30(33-22(5-2)20-31-26-14-9-7-12-24(26)16-18-28(31)33)34-23(6-3)21-32-27-15-10-8-13-25(27)17-19-29(32)34;1-2-4-5-3-1;1-3-4-2;/h7-10,12-21,33-34H,4-6,11H2,1-3H3;1-4H2;1,3-4H2,2H3;/q-1;;-1;+2. The summed E-state index contributed by atoms with van der Waals surface area (Å²) in [6.07, 6.45) is 14.9. The van der Waals surface area contributed by atoms with Crippen molar-refractivity contribution in [3.05, 3.63) is 119 Å². The molecule has 2 radical (unpaired) electrons. The van der Waals surface area contributed by atoms with E-state index in [-0.39, 0.29) is 26.2 Å². The van der Waals surface area contributed by atoms with Gasteiger partial charge in [0.1, 0.15) is 0 Å². The van der Waals surface area contributed by atoms with Crippen molar-refractivity contribution in [1.29, 1.82) is 0 Å². The monoisotopic (exact) mass is 672 g/mol. The average molecular weight is 674 g/mol. The minimum atomic E-state index is 0. The van der Waals surface area contributed by atoms with Gasteiger partial charge in [-0.25, -0.2) is 0 Å². The van der Waals surface area contributed by atoms with Crippen LogP contribution in [0.15, 0.2) is 83.9 Å². The van der Waals surface area contributed by atoms with Gasteiger partial charge in [-0.15, -0.1) is 11.8 Å². The second kappa shape index (κ2) is 17.1. The Labute approximate surface area is 289 Å². The third kappa shape index (κ3) is 7.34. The van der Waals surface area contributed by atoms with Crippen molar-refractivity contribution in [1.82, 2.24) is 0 Å². The number of fused-ring (bicyclic) bond motifs is 6. The molecule has 1 fully saturated rings. The van der Waals surface area contributed by atoms with E-state index in [9.17, 15) is 0 Å². The van der Waals surface area contributed by atoms with Gasteiger partial charge in [-0.3, -0.25) is 5.92 Å². The van der Waals surface area contributed by atoms with Crippen LogP contribution < -0.4 is 0 Å². The Morgan fingerprint density at radius 2 is 1.11 bits per heavy atom. The fraction of sp³-hybridized carbons (Fsp3) is 0.381. The van der Waals surface area contributed by atoms with Crippen LogP contribution in [0.5, 0.6) is 0 Å². The van der Waals surface area contributed by atoms with Crippen molar-refractivity contribution < 1.29 is 26.2 Å². The molecule has 0 saturated carbocycles. The number of hydrogen-bond acceptors (Lipinski definition) is 0. The largest absolute Gasteiger partial charge is 2.00 e. The second-order valence-electron chi connectivity index (χ2n) is 12.2. The van der Waals surface area contributed by atoms with Crippen LogP contribution in [0.1, 0.15) is 113 Å². The maximum atomic E-state index is 3.60. The molecule has 0 N–H and O–H groups in total. The minimum Gasteiger partial charge on any atom is -0.343 e. The minimum absolute atomic E-state index is 0. The fourth-order valence-corrected chi connectivity index (χ4v) is 8.49. The summed E-state index contributed by atoms with van der Waals surface area (Å²) in [6.45, 7) is 12.7. The molecule has 1 aliphatic heterocycles. The van der Waals surface area contributed by atoms with Gasteiger partial charge < -0.3 is 6.92 Å². The van der Waals surface area contributed by atoms with Crippen LogP contribution in [-0.4, -0.2) is 9.52 Å². The number of rotatable bonds is 7. The summed E-state index contributed by atoms with van der Waals surface area (Å²) < 4.78 is 0. The predicted molar refractivity (Wildman–Crippen MR) is 193 cm³/mol. The molecule has 7 rings (SSSR count). The van der Waals surface area contributed by atoms with Crippen LogP contribution in [0.3, 0.4) is 0 Å². The quantitative estimate of drug-likeness (QED) is 0.135. The molecule has 0 bridgehead atoms. The zero-order valence-corrected chi connectivity index (χ0v) is 31.0. The molecule has 226 valence electrons. The molecule has 3 aliphatic rings. The Balaban J connectivity index is 0.000000386. The number of hydrogen-bond donors (Lipinski definition) is 0. The van der Waals surface area contributed by atoms with Gasteiger partial charge >= 0.3 is 26.2 Å². The molecule has 2 heteroatoms. The van der Waals surface area contributed by atoms with E-state index < -0.39 is 0 Å². The Morgan fingerprint density at radius 3 is 1.48 bits per heavy atom. The fourth-order valence-electron chi connectivity index (χ4n) is 7.24. The molecule has 0 amide bonds. The van der Waals surface area contributed by atoms with Gasteiger partial charge in [0, 0.05) is 9.52 Å². The summed E-state index contributed by atoms with van der Waals surface area (Å²) in [5.41, 5.74) is 9.10. The molecule has 0 aromatic heterocycles. The molecule has 0 nitrogen and oxygen atoms in total. The Morgan fingerprint density at radius 1 is 0.659 bits per heavy atom. The van der Waals surface area contributed by atoms with Crippen molar-refractivity contribution in [3.63, 3.8) is 0 Å². The third-order valence-corrected chi connectivity index (χ3v) is 10.9. The van der Waals surface area contributed by atoms with Gasteiger partial charge in [0.05, 0.1) is 0 Å². The van der Waals surface area contributed by atoms with Crippen molar-refractivity contribution in [2.24, 2.45) is 0 Å². The van der Waals surface area contributed by atoms with Crippen molar-refractivity contribution >= 4 is 43.2 Å². The summed E-state index contributed by atoms with van der Waals surface area (Å²) in [7, 11) is 1.31. The smallest absolute Gasteiger partial charge is 0.343 e. The Kier molecular flexibility index (Phi) is 13.5. The van der Waals surface area contributed by atoms with Crippen molar-refractivity contribution in [3.8, 4) is 0 Å². The SMILES string of the molecule is C1CC[Si]C1.CCC[C-](C1C(CC)=Cc2c1ccc1ccccc21)C1C(CC)=Cc2c1ccc1ccccc21.[CH2-]CCC.[Zr+2]. The van der Waals surface area contributed by atoms with Crippen LogP contribution in [-0.2, 0) is 26.2 Å². The van der Waals surface area contributed by atoms with Crippen LogP contribution in [0.2, 0.25) is 12.1 Å². The first-order chi connectivity index (χ1) is 21.2. The van der Waals surface area contributed by atoms with Gasteiger partial charge in [0.15, 0.2) is 0 Å². The van der Waals surface area contributed by atoms with Gasteiger partial charge in [-0.1, -0.05) is 173 Å². The third-order valence-electron chi connectivity index (χ3n) is 9.44. The summed E-state index contributed by atoms with van der Waals surface area (Å²) in [6, 6.07) is 30.3. The maximum absolute atomic E-state index is 3.60. The normalized spacial score (nSPS) is 18.0. The van der Waals surface area contributed by atoms with Crippen LogP contribution >= 0.6 is 0 Å². The molecule has 2 unspecified atom stereocenters. The molecule has 2 aliphatic carbocycles. The van der Waals surface area contributed by atoms with E-state index in [1.165, 1.54) is 97.5 Å². The van der Waals surface area contributed by atoms with Gasteiger partial charge in [0.25, 0.3) is 0 Å². The molecule has 1 saturated heterocycles. The summed E-state index contributed by atoms with van der Waals surface area (Å²) in [5.74, 6) is 2.54. The van der Waals surface area contributed by atoms with E-state index in [2.05, 4.69) is 120 Å². The van der Waals surface area contributed by atoms with Gasteiger partial charge in [-0.05, 0) is 45.5 Å². The van der Waals surface area contributed by atoms with E-state index in [0.29, 0.717) is 11.8 Å². The topological polar surface area (TPSA) is 0 Å². The molecule has 4 aromatic rings. The van der Waals surface area contributed by atoms with E-state index in [1.54, 1.807) is 17.1 Å². The summed E-state index contributed by atoms with van der Waals surface area (Å²) in [4.78, 5) is 0. The van der Waals surface area contributed by atoms with Gasteiger partial charge in [-0.2, -0.15) is 12.8 Å². The molecule has 4 aromatic carbocycles. The van der Waals surface area contributed by atoms with Crippen LogP contribution in [0.4, 0.5) is 0 Å². The first-order valence-corrected chi connectivity index (χ1v) is 18.4. The number of unbranched alkanes of at least 4 members (excludes halogenated alkanes) is 1. The predicted octanol–water partition coefficient (Wildman–Crippen LogP) is 12.8. The van der Waals surface area contributed by atoms with Crippen LogP contribution in [0, 0.1) is 12.8 Å². The molecule has 0 spiro atoms. The van der Waals surface area contributed by atoms with E-state index >= 15 is 0 Å². The van der Waals surface area contributed by atoms with Crippen molar-refractivity contribution in [2.45, 2.75) is 103 Å².